The highest BCUT2D eigenvalue weighted by atomic mass is 31.1. The van der Waals surface area contributed by atoms with Crippen LogP contribution in [0.2, 0.25) is 0 Å². The van der Waals surface area contributed by atoms with Crippen LogP contribution >= 0.6 is 7.92 Å². The fourth-order valence-corrected chi connectivity index (χ4v) is 7.04. The Hall–Kier alpha value is -1.65. The first kappa shape index (κ1) is 13.0. The van der Waals surface area contributed by atoms with E-state index in [9.17, 15) is 0 Å². The highest BCUT2D eigenvalue weighted by Crippen LogP contribution is 2.74. The maximum atomic E-state index is 2.55. The van der Waals surface area contributed by atoms with Crippen LogP contribution in [0.4, 0.5) is 0 Å². The molecule has 0 nitrogen and oxygen atoms in total. The first-order valence-electron chi connectivity index (χ1n) is 7.51. The lowest BCUT2D eigenvalue weighted by Gasteiger charge is -2.29. The molecule has 0 spiro atoms. The van der Waals surface area contributed by atoms with E-state index in [0.717, 1.165) is 0 Å². The third-order valence-corrected chi connectivity index (χ3v) is 7.62. The minimum Gasteiger partial charge on any atom is -0.0622 e. The lowest BCUT2D eigenvalue weighted by Crippen LogP contribution is -2.18. The van der Waals surface area contributed by atoms with Gasteiger partial charge in [0, 0.05) is 5.41 Å². The molecule has 2 atom stereocenters. The van der Waals surface area contributed by atoms with Crippen LogP contribution in [0.5, 0.6) is 0 Å². The minimum atomic E-state index is -0.142. The Kier molecular flexibility index (Phi) is 2.91. The Labute approximate surface area is 128 Å². The molecule has 2 aromatic carbocycles. The van der Waals surface area contributed by atoms with Crippen LogP contribution in [0.1, 0.15) is 25.0 Å². The molecule has 1 heteroatoms. The first-order valence-corrected chi connectivity index (χ1v) is 9.11. The summed E-state index contributed by atoms with van der Waals surface area (Å²) in [6, 6.07) is 21.9. The normalized spacial score (nSPS) is 27.1. The van der Waals surface area contributed by atoms with E-state index in [0.29, 0.717) is 0 Å². The molecule has 2 bridgehead atoms. The lowest BCUT2D eigenvalue weighted by atomic mass is 9.75. The highest BCUT2D eigenvalue weighted by Gasteiger charge is 2.47. The monoisotopic (exact) mass is 290 g/mol. The van der Waals surface area contributed by atoms with Gasteiger partial charge in [0.1, 0.15) is 0 Å². The number of rotatable bonds is 2. The number of hydrogen-bond acceptors (Lipinski definition) is 0. The number of benzene rings is 2. The van der Waals surface area contributed by atoms with Crippen molar-refractivity contribution in [2.45, 2.75) is 13.8 Å². The maximum absolute atomic E-state index is 2.55. The molecule has 0 fully saturated rings. The summed E-state index contributed by atoms with van der Waals surface area (Å²) < 4.78 is 0. The quantitative estimate of drug-likeness (QED) is 0.597. The van der Waals surface area contributed by atoms with Gasteiger partial charge in [0.15, 0.2) is 0 Å². The molecule has 0 saturated heterocycles. The van der Waals surface area contributed by atoms with Crippen molar-refractivity contribution >= 4 is 18.8 Å². The van der Waals surface area contributed by atoms with Gasteiger partial charge in [0.25, 0.3) is 0 Å². The molecule has 2 aliphatic rings. The van der Waals surface area contributed by atoms with E-state index in [-0.39, 0.29) is 13.3 Å². The summed E-state index contributed by atoms with van der Waals surface area (Å²) in [5.41, 5.74) is 6.18. The summed E-state index contributed by atoms with van der Waals surface area (Å²) >= 11 is 0. The average molecular weight is 290 g/mol. The van der Waals surface area contributed by atoms with E-state index in [1.165, 1.54) is 17.3 Å². The van der Waals surface area contributed by atoms with E-state index in [4.69, 9.17) is 0 Å². The van der Waals surface area contributed by atoms with Crippen LogP contribution in [-0.4, -0.2) is 6.16 Å². The van der Waals surface area contributed by atoms with Crippen LogP contribution in [0.15, 0.2) is 72.1 Å². The van der Waals surface area contributed by atoms with E-state index >= 15 is 0 Å². The molecule has 0 amide bonds. The van der Waals surface area contributed by atoms with E-state index < -0.39 is 0 Å². The van der Waals surface area contributed by atoms with Crippen LogP contribution in [0.25, 0.3) is 10.9 Å². The lowest BCUT2D eigenvalue weighted by molar-refractivity contribution is 0.631. The molecule has 0 saturated carbocycles. The number of allylic oxidation sites excluding steroid dienone is 2. The van der Waals surface area contributed by atoms with Gasteiger partial charge < -0.3 is 0 Å². The highest BCUT2D eigenvalue weighted by molar-refractivity contribution is 7.72. The van der Waals surface area contributed by atoms with Crippen LogP contribution in [-0.2, 0) is 0 Å². The summed E-state index contributed by atoms with van der Waals surface area (Å²) in [6.07, 6.45) is 1.29. The fraction of sp³-hybridized carbons (Fsp3) is 0.200. The van der Waals surface area contributed by atoms with Crippen molar-refractivity contribution in [3.8, 4) is 0 Å². The van der Waals surface area contributed by atoms with E-state index in [1.54, 1.807) is 16.5 Å². The number of hydrogen-bond donors (Lipinski definition) is 0. The predicted octanol–water partition coefficient (Wildman–Crippen LogP) is 5.97. The van der Waals surface area contributed by atoms with Gasteiger partial charge in [-0.3, -0.25) is 0 Å². The molecule has 0 aliphatic carbocycles. The smallest absolute Gasteiger partial charge is 0.0192 e. The zero-order chi connectivity index (χ0) is 14.4. The molecule has 0 aromatic heterocycles. The van der Waals surface area contributed by atoms with Gasteiger partial charge in [-0.05, 0) is 43.0 Å². The molecule has 4 rings (SSSR count). The Balaban J connectivity index is 1.98. The van der Waals surface area contributed by atoms with Crippen LogP contribution in [0.3, 0.4) is 0 Å². The standard InChI is InChI=1S/C20H19P/c1-15-13-21-14-20(15,2)18(16-9-5-3-6-10-16)19(21)17-11-7-4-8-12-17/h3-13H,14H2,1-2H3. The van der Waals surface area contributed by atoms with Crippen LogP contribution in [0, 0.1) is 5.41 Å². The molecular weight excluding hydrogens is 271 g/mol. The summed E-state index contributed by atoms with van der Waals surface area (Å²) in [5.74, 6) is 2.55. The van der Waals surface area contributed by atoms with Crippen molar-refractivity contribution in [3.05, 3.63) is 83.2 Å². The van der Waals surface area contributed by atoms with Crippen LogP contribution < -0.4 is 0 Å². The third-order valence-electron chi connectivity index (χ3n) is 4.89. The SMILES string of the molecule is CC1=CP2CC1(C)C(c1ccccc1)=C2c1ccccc1. The molecule has 2 heterocycles. The molecule has 2 aromatic rings. The van der Waals surface area contributed by atoms with Crippen molar-refractivity contribution in [1.82, 2.24) is 0 Å². The summed E-state index contributed by atoms with van der Waals surface area (Å²) in [4.78, 5) is 0. The zero-order valence-corrected chi connectivity index (χ0v) is 13.4. The minimum absolute atomic E-state index is 0.142. The Morgan fingerprint density at radius 2 is 1.43 bits per heavy atom. The predicted molar refractivity (Wildman–Crippen MR) is 93.3 cm³/mol. The Morgan fingerprint density at radius 3 is 2.05 bits per heavy atom. The first-order chi connectivity index (χ1) is 10.2. The van der Waals surface area contributed by atoms with Gasteiger partial charge in [0.05, 0.1) is 0 Å². The molecule has 21 heavy (non-hydrogen) atoms. The topological polar surface area (TPSA) is 0 Å². The summed E-state index contributed by atoms with van der Waals surface area (Å²) in [5, 5.41) is 1.60. The second-order valence-corrected chi connectivity index (χ2v) is 8.19. The molecule has 104 valence electrons. The largest absolute Gasteiger partial charge is 0.0622 e. The molecule has 2 unspecified atom stereocenters. The molecule has 0 N–H and O–H groups in total. The van der Waals surface area contributed by atoms with Gasteiger partial charge in [0.2, 0.25) is 0 Å². The summed E-state index contributed by atoms with van der Waals surface area (Å²) in [7, 11) is -0.142. The second kappa shape index (κ2) is 4.68. The van der Waals surface area contributed by atoms with Gasteiger partial charge >= 0.3 is 0 Å². The second-order valence-electron chi connectivity index (χ2n) is 6.23. The fourth-order valence-electron chi connectivity index (χ4n) is 3.68. The van der Waals surface area contributed by atoms with Crippen molar-refractivity contribution in [2.75, 3.05) is 6.16 Å². The summed E-state index contributed by atoms with van der Waals surface area (Å²) in [6.45, 7) is 4.74. The van der Waals surface area contributed by atoms with Gasteiger partial charge in [-0.2, -0.15) is 0 Å². The maximum Gasteiger partial charge on any atom is 0.0192 e. The van der Waals surface area contributed by atoms with E-state index in [2.05, 4.69) is 80.3 Å². The number of fused-ring (bicyclic) bond motifs is 2. The molecular formula is C20H19P. The Bertz CT molecular complexity index is 740. The molecule has 0 radical (unpaired) electrons. The third kappa shape index (κ3) is 1.86. The molecule has 2 aliphatic heterocycles. The van der Waals surface area contributed by atoms with Crippen molar-refractivity contribution in [3.63, 3.8) is 0 Å². The van der Waals surface area contributed by atoms with Crippen molar-refractivity contribution in [2.24, 2.45) is 5.41 Å². The van der Waals surface area contributed by atoms with Gasteiger partial charge in [-0.25, -0.2) is 0 Å². The van der Waals surface area contributed by atoms with Gasteiger partial charge in [-0.15, -0.1) is 0 Å². The zero-order valence-electron chi connectivity index (χ0n) is 12.5. The average Bonchev–Trinajstić information content (AvgIpc) is 2.98. The van der Waals surface area contributed by atoms with Crippen molar-refractivity contribution < 1.29 is 0 Å². The van der Waals surface area contributed by atoms with Crippen molar-refractivity contribution in [1.29, 1.82) is 0 Å². The van der Waals surface area contributed by atoms with Gasteiger partial charge in [-0.1, -0.05) is 79.0 Å². The Morgan fingerprint density at radius 1 is 0.857 bits per heavy atom. The van der Waals surface area contributed by atoms with E-state index in [1.807, 2.05) is 0 Å².